The van der Waals surface area contributed by atoms with Crippen LogP contribution >= 0.6 is 0 Å². The number of rotatable bonds is 10. The second-order valence-corrected chi connectivity index (χ2v) is 8.19. The van der Waals surface area contributed by atoms with Crippen molar-refractivity contribution in [3.63, 3.8) is 0 Å². The van der Waals surface area contributed by atoms with E-state index >= 15 is 0 Å². The lowest BCUT2D eigenvalue weighted by atomic mass is 10.1. The van der Waals surface area contributed by atoms with E-state index < -0.39 is 0 Å². The van der Waals surface area contributed by atoms with E-state index in [1.165, 1.54) is 32.1 Å². The Morgan fingerprint density at radius 1 is 1.17 bits per heavy atom. The van der Waals surface area contributed by atoms with Gasteiger partial charge in [0, 0.05) is 32.1 Å². The second-order valence-electron chi connectivity index (χ2n) is 8.19. The molecule has 1 unspecified atom stereocenters. The fourth-order valence-corrected chi connectivity index (χ4v) is 4.37. The molecule has 0 bridgehead atoms. The molecule has 1 saturated heterocycles. The summed E-state index contributed by atoms with van der Waals surface area (Å²) in [5.41, 5.74) is 6.18. The monoisotopic (exact) mass is 401 g/mol. The van der Waals surface area contributed by atoms with Crippen molar-refractivity contribution < 1.29 is 9.59 Å². The zero-order valence-electron chi connectivity index (χ0n) is 17.7. The maximum atomic E-state index is 12.7. The van der Waals surface area contributed by atoms with Crippen molar-refractivity contribution in [2.45, 2.75) is 71.0 Å². The van der Waals surface area contributed by atoms with Crippen molar-refractivity contribution in [2.24, 2.45) is 5.73 Å². The van der Waals surface area contributed by atoms with Gasteiger partial charge in [-0.3, -0.25) is 14.5 Å². The molecular formula is C22H35N5O2. The highest BCUT2D eigenvalue weighted by molar-refractivity contribution is 5.92. The SMILES string of the molecule is CC(=O)c1cnc2n1CCN(C(=O)/C=C/C1CCCN1CCCCCCCN)C2. The number of carbonyl (C=O) groups is 2. The molecule has 2 aliphatic heterocycles. The number of Topliss-reactive ketones (excluding diaryl/α,β-unsaturated/α-hetero) is 1. The molecule has 1 aromatic rings. The molecule has 29 heavy (non-hydrogen) atoms. The average Bonchev–Trinajstić information content (AvgIpc) is 3.34. The second kappa shape index (κ2) is 10.7. The van der Waals surface area contributed by atoms with Gasteiger partial charge in [0.1, 0.15) is 11.5 Å². The van der Waals surface area contributed by atoms with Crippen LogP contribution in [0.3, 0.4) is 0 Å². The largest absolute Gasteiger partial charge is 0.330 e. The van der Waals surface area contributed by atoms with Crippen LogP contribution in [0.1, 0.15) is 68.2 Å². The molecule has 160 valence electrons. The predicted octanol–water partition coefficient (Wildman–Crippen LogP) is 2.36. The van der Waals surface area contributed by atoms with Gasteiger partial charge in [-0.2, -0.15) is 0 Å². The molecule has 1 amide bonds. The van der Waals surface area contributed by atoms with E-state index in [1.54, 1.807) is 19.2 Å². The summed E-state index contributed by atoms with van der Waals surface area (Å²) >= 11 is 0. The third-order valence-electron chi connectivity index (χ3n) is 6.06. The Labute approximate surface area is 173 Å². The first-order valence-corrected chi connectivity index (χ1v) is 11.1. The Hall–Kier alpha value is -1.99. The van der Waals surface area contributed by atoms with Crippen LogP contribution in [0.25, 0.3) is 0 Å². The summed E-state index contributed by atoms with van der Waals surface area (Å²) in [7, 11) is 0. The fraction of sp³-hybridized carbons (Fsp3) is 0.682. The van der Waals surface area contributed by atoms with E-state index in [1.807, 2.05) is 9.47 Å². The normalized spacial score (nSPS) is 19.8. The summed E-state index contributed by atoms with van der Waals surface area (Å²) < 4.78 is 1.93. The Bertz CT molecular complexity index is 727. The number of hydrogen-bond donors (Lipinski definition) is 1. The number of nitrogens with two attached hydrogens (primary N) is 1. The van der Waals surface area contributed by atoms with Gasteiger partial charge in [0.2, 0.25) is 5.91 Å². The molecule has 7 nitrogen and oxygen atoms in total. The van der Waals surface area contributed by atoms with Crippen LogP contribution in [0.2, 0.25) is 0 Å². The number of ketones is 1. The molecular weight excluding hydrogens is 366 g/mol. The predicted molar refractivity (Wildman–Crippen MR) is 114 cm³/mol. The first-order chi connectivity index (χ1) is 14.1. The van der Waals surface area contributed by atoms with Crippen LogP contribution in [0.4, 0.5) is 0 Å². The van der Waals surface area contributed by atoms with Crippen molar-refractivity contribution in [2.75, 3.05) is 26.2 Å². The molecule has 3 heterocycles. The van der Waals surface area contributed by atoms with Gasteiger partial charge in [-0.15, -0.1) is 0 Å². The van der Waals surface area contributed by atoms with E-state index in [-0.39, 0.29) is 11.7 Å². The van der Waals surface area contributed by atoms with Crippen LogP contribution in [0, 0.1) is 0 Å². The van der Waals surface area contributed by atoms with Crippen LogP contribution in [-0.4, -0.2) is 63.3 Å². The summed E-state index contributed by atoms with van der Waals surface area (Å²) in [6, 6.07) is 0.374. The first kappa shape index (κ1) is 21.7. The lowest BCUT2D eigenvalue weighted by Crippen LogP contribution is -2.38. The molecule has 1 atom stereocenters. The molecule has 1 fully saturated rings. The first-order valence-electron chi connectivity index (χ1n) is 11.1. The highest BCUT2D eigenvalue weighted by Gasteiger charge is 2.25. The lowest BCUT2D eigenvalue weighted by molar-refractivity contribution is -0.127. The standard InChI is InChI=1S/C22H35N5O2/c1-18(28)20-16-24-21-17-26(14-15-27(20)21)22(29)10-9-19-8-7-13-25(19)12-6-4-2-3-5-11-23/h9-10,16,19H,2-8,11-15,17,23H2,1H3/b10-9+. The van der Waals surface area contributed by atoms with E-state index in [2.05, 4.69) is 16.0 Å². The van der Waals surface area contributed by atoms with Crippen LogP contribution in [-0.2, 0) is 17.9 Å². The molecule has 2 aliphatic rings. The topological polar surface area (TPSA) is 84.5 Å². The zero-order chi connectivity index (χ0) is 20.6. The van der Waals surface area contributed by atoms with Crippen molar-refractivity contribution in [3.8, 4) is 0 Å². The molecule has 0 radical (unpaired) electrons. The van der Waals surface area contributed by atoms with Crippen molar-refractivity contribution in [3.05, 3.63) is 29.9 Å². The number of aromatic nitrogens is 2. The summed E-state index contributed by atoms with van der Waals surface area (Å²) in [5.74, 6) is 0.849. The van der Waals surface area contributed by atoms with Crippen LogP contribution in [0.5, 0.6) is 0 Å². The smallest absolute Gasteiger partial charge is 0.246 e. The number of fused-ring (bicyclic) bond motifs is 1. The number of unbranched alkanes of at least 4 members (excludes halogenated alkanes) is 4. The number of likely N-dealkylation sites (tertiary alicyclic amines) is 1. The quantitative estimate of drug-likeness (QED) is 0.370. The molecule has 0 saturated carbocycles. The molecule has 2 N–H and O–H groups in total. The van der Waals surface area contributed by atoms with Gasteiger partial charge < -0.3 is 15.2 Å². The van der Waals surface area contributed by atoms with Crippen LogP contribution in [0.15, 0.2) is 18.3 Å². The number of carbonyl (C=O) groups excluding carboxylic acids is 2. The number of amides is 1. The van der Waals surface area contributed by atoms with Gasteiger partial charge >= 0.3 is 0 Å². The van der Waals surface area contributed by atoms with Crippen LogP contribution < -0.4 is 5.73 Å². The summed E-state index contributed by atoms with van der Waals surface area (Å²) in [6.45, 7) is 6.30. The van der Waals surface area contributed by atoms with Crippen molar-refractivity contribution in [1.82, 2.24) is 19.4 Å². The minimum atomic E-state index is 0.0177. The minimum absolute atomic E-state index is 0.0177. The van der Waals surface area contributed by atoms with Gasteiger partial charge in [-0.1, -0.05) is 25.3 Å². The lowest BCUT2D eigenvalue weighted by Gasteiger charge is -2.28. The molecule has 7 heteroatoms. The Kier molecular flexibility index (Phi) is 8.00. The van der Waals surface area contributed by atoms with Gasteiger partial charge in [0.25, 0.3) is 0 Å². The van der Waals surface area contributed by atoms with Gasteiger partial charge in [0.15, 0.2) is 5.78 Å². The van der Waals surface area contributed by atoms with E-state index in [0.717, 1.165) is 38.3 Å². The van der Waals surface area contributed by atoms with E-state index in [4.69, 9.17) is 5.73 Å². The van der Waals surface area contributed by atoms with Crippen molar-refractivity contribution >= 4 is 11.7 Å². The maximum absolute atomic E-state index is 12.7. The summed E-state index contributed by atoms with van der Waals surface area (Å²) in [6.07, 6.45) is 13.9. The number of hydrogen-bond acceptors (Lipinski definition) is 5. The highest BCUT2D eigenvalue weighted by atomic mass is 16.2. The summed E-state index contributed by atoms with van der Waals surface area (Å²) in [4.78, 5) is 33.0. The molecule has 0 spiro atoms. The van der Waals surface area contributed by atoms with Gasteiger partial charge in [-0.25, -0.2) is 4.98 Å². The Morgan fingerprint density at radius 3 is 2.76 bits per heavy atom. The maximum Gasteiger partial charge on any atom is 0.246 e. The van der Waals surface area contributed by atoms with Gasteiger partial charge in [-0.05, 0) is 45.3 Å². The Balaban J connectivity index is 1.46. The molecule has 3 rings (SSSR count). The molecule has 1 aromatic heterocycles. The van der Waals surface area contributed by atoms with Crippen molar-refractivity contribution in [1.29, 1.82) is 0 Å². The molecule has 0 aliphatic carbocycles. The fourth-order valence-electron chi connectivity index (χ4n) is 4.37. The average molecular weight is 402 g/mol. The highest BCUT2D eigenvalue weighted by Crippen LogP contribution is 2.20. The Morgan fingerprint density at radius 2 is 1.97 bits per heavy atom. The van der Waals surface area contributed by atoms with Gasteiger partial charge in [0.05, 0.1) is 12.7 Å². The summed E-state index contributed by atoms with van der Waals surface area (Å²) in [5, 5.41) is 0. The number of nitrogens with zero attached hydrogens (tertiary/aromatic N) is 4. The molecule has 0 aromatic carbocycles. The van der Waals surface area contributed by atoms with E-state index in [0.29, 0.717) is 31.4 Å². The number of imidazole rings is 1. The minimum Gasteiger partial charge on any atom is -0.330 e. The third-order valence-corrected chi connectivity index (χ3v) is 6.06. The van der Waals surface area contributed by atoms with E-state index in [9.17, 15) is 9.59 Å². The third kappa shape index (κ3) is 5.76. The zero-order valence-corrected chi connectivity index (χ0v) is 17.7.